The van der Waals surface area contributed by atoms with Crippen LogP contribution in [0.25, 0.3) is 6.08 Å². The summed E-state index contributed by atoms with van der Waals surface area (Å²) in [6, 6.07) is 10.7. The number of carbonyl (C=O) groups is 3. The van der Waals surface area contributed by atoms with Gasteiger partial charge in [0.2, 0.25) is 11.7 Å². The number of ketones is 1. The van der Waals surface area contributed by atoms with Crippen LogP contribution in [0.5, 0.6) is 5.75 Å². The van der Waals surface area contributed by atoms with Crippen molar-refractivity contribution >= 4 is 35.1 Å². The number of rotatable bonds is 8. The third kappa shape index (κ3) is 5.86. The Balaban J connectivity index is 1.86. The van der Waals surface area contributed by atoms with Crippen LogP contribution in [-0.2, 0) is 20.9 Å². The second-order valence-electron chi connectivity index (χ2n) is 5.28. The largest absolute Gasteiger partial charge is 0.496 e. The van der Waals surface area contributed by atoms with Crippen molar-refractivity contribution in [1.82, 2.24) is 5.32 Å². The van der Waals surface area contributed by atoms with Crippen molar-refractivity contribution in [3.05, 3.63) is 57.8 Å². The van der Waals surface area contributed by atoms with Gasteiger partial charge in [0.1, 0.15) is 5.75 Å². The van der Waals surface area contributed by atoms with E-state index < -0.39 is 5.97 Å². The minimum atomic E-state index is -0.612. The molecule has 1 N–H and O–H groups in total. The number of hydrogen-bond donors (Lipinski definition) is 1. The molecule has 26 heavy (non-hydrogen) atoms. The predicted octanol–water partition coefficient (Wildman–Crippen LogP) is 2.83. The van der Waals surface area contributed by atoms with Gasteiger partial charge in [-0.1, -0.05) is 18.2 Å². The molecule has 1 aromatic carbocycles. The first kappa shape index (κ1) is 19.4. The number of benzene rings is 1. The van der Waals surface area contributed by atoms with Crippen molar-refractivity contribution in [3.63, 3.8) is 0 Å². The summed E-state index contributed by atoms with van der Waals surface area (Å²) in [4.78, 5) is 36.1. The van der Waals surface area contributed by atoms with Gasteiger partial charge in [-0.05, 0) is 24.3 Å². The van der Waals surface area contributed by atoms with Crippen LogP contribution >= 0.6 is 11.3 Å². The lowest BCUT2D eigenvalue weighted by Gasteiger charge is -2.03. The smallest absolute Gasteiger partial charge is 0.331 e. The molecule has 1 aromatic heterocycles. The number of esters is 1. The first-order chi connectivity index (χ1) is 12.5. The SMILES string of the molecule is COc1ccccc1/C=C/C(=O)OCC(=O)c1ccc(CNC(C)=O)s1. The van der Waals surface area contributed by atoms with Gasteiger partial charge in [0.15, 0.2) is 6.61 Å². The van der Waals surface area contributed by atoms with E-state index in [2.05, 4.69) is 5.32 Å². The zero-order valence-corrected chi connectivity index (χ0v) is 15.3. The van der Waals surface area contributed by atoms with Crippen LogP contribution in [-0.4, -0.2) is 31.4 Å². The monoisotopic (exact) mass is 373 g/mol. The molecule has 6 nitrogen and oxygen atoms in total. The lowest BCUT2D eigenvalue weighted by molar-refractivity contribution is -0.136. The molecular weight excluding hydrogens is 354 g/mol. The standard InChI is InChI=1S/C19H19NO5S/c1-13(21)20-11-15-8-9-18(26-15)16(22)12-25-19(23)10-7-14-5-3-4-6-17(14)24-2/h3-10H,11-12H2,1-2H3,(H,20,21)/b10-7+. The zero-order chi connectivity index (χ0) is 18.9. The van der Waals surface area contributed by atoms with Gasteiger partial charge in [-0.3, -0.25) is 9.59 Å². The van der Waals surface area contributed by atoms with Crippen LogP contribution < -0.4 is 10.1 Å². The zero-order valence-electron chi connectivity index (χ0n) is 14.5. The molecule has 0 aliphatic rings. The molecule has 0 fully saturated rings. The lowest BCUT2D eigenvalue weighted by atomic mass is 10.2. The highest BCUT2D eigenvalue weighted by molar-refractivity contribution is 7.14. The highest BCUT2D eigenvalue weighted by Gasteiger charge is 2.12. The Hall–Kier alpha value is -2.93. The number of para-hydroxylation sites is 1. The van der Waals surface area contributed by atoms with Gasteiger partial charge >= 0.3 is 5.97 Å². The topological polar surface area (TPSA) is 81.7 Å². The molecule has 1 amide bonds. The Morgan fingerprint density at radius 3 is 2.65 bits per heavy atom. The van der Waals surface area contributed by atoms with Crippen LogP contribution in [0.1, 0.15) is 27.0 Å². The average molecular weight is 373 g/mol. The molecule has 2 rings (SSSR count). The van der Waals surface area contributed by atoms with Gasteiger partial charge < -0.3 is 14.8 Å². The number of ether oxygens (including phenoxy) is 2. The Kier molecular flexibility index (Phi) is 7.11. The number of carbonyl (C=O) groups excluding carboxylic acids is 3. The molecule has 0 spiro atoms. The van der Waals surface area contributed by atoms with Crippen molar-refractivity contribution < 1.29 is 23.9 Å². The molecule has 0 unspecified atom stereocenters. The summed E-state index contributed by atoms with van der Waals surface area (Å²) in [6.07, 6.45) is 2.82. The molecule has 2 aromatic rings. The number of Topliss-reactive ketones (excluding diaryl/α,β-unsaturated/α-hetero) is 1. The van der Waals surface area contributed by atoms with E-state index in [1.807, 2.05) is 12.1 Å². The molecule has 0 aliphatic heterocycles. The Bertz CT molecular complexity index is 825. The second kappa shape index (κ2) is 9.53. The Labute approximate surface area is 155 Å². The van der Waals surface area contributed by atoms with Crippen LogP contribution in [0.15, 0.2) is 42.5 Å². The van der Waals surface area contributed by atoms with E-state index in [0.717, 1.165) is 10.4 Å². The maximum atomic E-state index is 12.1. The third-order valence-corrected chi connectivity index (χ3v) is 4.46. The normalized spacial score (nSPS) is 10.5. The van der Waals surface area contributed by atoms with Crippen molar-refractivity contribution in [3.8, 4) is 5.75 Å². The maximum Gasteiger partial charge on any atom is 0.331 e. The van der Waals surface area contributed by atoms with Crippen LogP contribution in [0.2, 0.25) is 0 Å². The van der Waals surface area contributed by atoms with E-state index in [1.54, 1.807) is 37.5 Å². The summed E-state index contributed by atoms with van der Waals surface area (Å²) >= 11 is 1.26. The second-order valence-corrected chi connectivity index (χ2v) is 6.45. The van der Waals surface area contributed by atoms with Crippen LogP contribution in [0.3, 0.4) is 0 Å². The summed E-state index contributed by atoms with van der Waals surface area (Å²) in [5.74, 6) is -0.401. The molecule has 0 radical (unpaired) electrons. The van der Waals surface area contributed by atoms with Crippen molar-refractivity contribution in [2.75, 3.05) is 13.7 Å². The summed E-state index contributed by atoms with van der Waals surface area (Å²) in [5.41, 5.74) is 0.735. The van der Waals surface area contributed by atoms with Gasteiger partial charge in [-0.2, -0.15) is 0 Å². The minimum Gasteiger partial charge on any atom is -0.496 e. The molecule has 7 heteroatoms. The molecule has 0 bridgehead atoms. The molecule has 1 heterocycles. The molecule has 0 saturated heterocycles. The Morgan fingerprint density at radius 2 is 1.92 bits per heavy atom. The molecule has 0 aliphatic carbocycles. The van der Waals surface area contributed by atoms with Crippen molar-refractivity contribution in [1.29, 1.82) is 0 Å². The van der Waals surface area contributed by atoms with Gasteiger partial charge in [0.05, 0.1) is 18.5 Å². The van der Waals surface area contributed by atoms with Crippen LogP contribution in [0, 0.1) is 0 Å². The Morgan fingerprint density at radius 1 is 1.15 bits per heavy atom. The fourth-order valence-electron chi connectivity index (χ4n) is 2.05. The van der Waals surface area contributed by atoms with Gasteiger partial charge in [-0.15, -0.1) is 11.3 Å². The van der Waals surface area contributed by atoms with E-state index in [9.17, 15) is 14.4 Å². The third-order valence-electron chi connectivity index (χ3n) is 3.33. The quantitative estimate of drug-likeness (QED) is 0.437. The van der Waals surface area contributed by atoms with Gasteiger partial charge in [-0.25, -0.2) is 4.79 Å². The number of methoxy groups -OCH3 is 1. The highest BCUT2D eigenvalue weighted by atomic mass is 32.1. The number of thiophene rings is 1. The first-order valence-electron chi connectivity index (χ1n) is 7.84. The van der Waals surface area contributed by atoms with E-state index >= 15 is 0 Å². The predicted molar refractivity (Wildman–Crippen MR) is 99.2 cm³/mol. The summed E-state index contributed by atoms with van der Waals surface area (Å²) < 4.78 is 10.2. The minimum absolute atomic E-state index is 0.137. The lowest BCUT2D eigenvalue weighted by Crippen LogP contribution is -2.18. The number of amides is 1. The van der Waals surface area contributed by atoms with E-state index in [4.69, 9.17) is 9.47 Å². The van der Waals surface area contributed by atoms with Gasteiger partial charge in [0.25, 0.3) is 0 Å². The van der Waals surface area contributed by atoms with Gasteiger partial charge in [0, 0.05) is 23.4 Å². The van der Waals surface area contributed by atoms with E-state index in [0.29, 0.717) is 17.2 Å². The first-order valence-corrected chi connectivity index (χ1v) is 8.65. The number of nitrogens with one attached hydrogen (secondary N) is 1. The summed E-state index contributed by atoms with van der Waals surface area (Å²) in [6.45, 7) is 1.46. The summed E-state index contributed by atoms with van der Waals surface area (Å²) in [5, 5.41) is 2.66. The molecular formula is C19H19NO5S. The molecule has 136 valence electrons. The van der Waals surface area contributed by atoms with Crippen molar-refractivity contribution in [2.24, 2.45) is 0 Å². The average Bonchev–Trinajstić information content (AvgIpc) is 3.12. The van der Waals surface area contributed by atoms with E-state index in [1.165, 1.54) is 24.3 Å². The fraction of sp³-hybridized carbons (Fsp3) is 0.211. The molecule has 0 atom stereocenters. The summed E-state index contributed by atoms with van der Waals surface area (Å²) in [7, 11) is 1.55. The maximum absolute atomic E-state index is 12.1. The van der Waals surface area contributed by atoms with Crippen molar-refractivity contribution in [2.45, 2.75) is 13.5 Å². The number of hydrogen-bond acceptors (Lipinski definition) is 6. The highest BCUT2D eigenvalue weighted by Crippen LogP contribution is 2.19. The van der Waals surface area contributed by atoms with Crippen LogP contribution in [0.4, 0.5) is 0 Å². The molecule has 0 saturated carbocycles. The van der Waals surface area contributed by atoms with E-state index in [-0.39, 0.29) is 18.3 Å². The fourth-order valence-corrected chi connectivity index (χ4v) is 2.92.